The predicted molar refractivity (Wildman–Crippen MR) is 114 cm³/mol. The maximum atomic E-state index is 14.1. The molecule has 4 rings (SSSR count). The Morgan fingerprint density at radius 2 is 1.83 bits per heavy atom. The molecule has 160 valence electrons. The quantitative estimate of drug-likeness (QED) is 0.582. The minimum atomic E-state index is -0.748. The lowest BCUT2D eigenvalue weighted by atomic mass is 10.1. The van der Waals surface area contributed by atoms with E-state index in [-0.39, 0.29) is 23.8 Å². The van der Waals surface area contributed by atoms with Gasteiger partial charge in [-0.3, -0.25) is 9.69 Å². The number of hydrogen-bond donors (Lipinski definition) is 0. The molecule has 0 saturated carbocycles. The van der Waals surface area contributed by atoms with Gasteiger partial charge in [0.15, 0.2) is 22.4 Å². The Balaban J connectivity index is 0.00000256. The SMILES string of the molecule is CN(C)CCN(C(=O)c1ccc2c(c1)OCCO2)c1nc2c(F)cc(F)cc2s1.Cl. The van der Waals surface area contributed by atoms with Gasteiger partial charge in [0, 0.05) is 24.7 Å². The summed E-state index contributed by atoms with van der Waals surface area (Å²) < 4.78 is 39.1. The molecule has 10 heteroatoms. The molecule has 0 aliphatic carbocycles. The van der Waals surface area contributed by atoms with Crippen molar-refractivity contribution in [2.45, 2.75) is 0 Å². The summed E-state index contributed by atoms with van der Waals surface area (Å²) in [7, 11) is 3.78. The number of amides is 1. The summed E-state index contributed by atoms with van der Waals surface area (Å²) in [5.74, 6) is -0.633. The van der Waals surface area contributed by atoms with E-state index >= 15 is 0 Å². The Labute approximate surface area is 182 Å². The van der Waals surface area contributed by atoms with Crippen LogP contribution in [0.1, 0.15) is 10.4 Å². The van der Waals surface area contributed by atoms with Crippen molar-refractivity contribution in [1.29, 1.82) is 0 Å². The van der Waals surface area contributed by atoms with Crippen molar-refractivity contribution in [3.63, 3.8) is 0 Å². The van der Waals surface area contributed by atoms with Gasteiger partial charge in [-0.2, -0.15) is 0 Å². The highest BCUT2D eigenvalue weighted by Crippen LogP contribution is 2.34. The highest BCUT2D eigenvalue weighted by Gasteiger charge is 2.24. The van der Waals surface area contributed by atoms with E-state index in [0.29, 0.717) is 53.2 Å². The zero-order valence-corrected chi connectivity index (χ0v) is 18.0. The molecule has 0 saturated heterocycles. The molecule has 1 amide bonds. The Hall–Kier alpha value is -2.49. The summed E-state index contributed by atoms with van der Waals surface area (Å²) in [6, 6.07) is 7.00. The number of rotatable bonds is 5. The van der Waals surface area contributed by atoms with Crippen LogP contribution < -0.4 is 14.4 Å². The Bertz CT molecular complexity index is 1080. The second-order valence-electron chi connectivity index (χ2n) is 6.85. The molecular formula is C20H20ClF2N3O3S. The Kier molecular flexibility index (Phi) is 6.74. The van der Waals surface area contributed by atoms with Crippen LogP contribution in [0.15, 0.2) is 30.3 Å². The van der Waals surface area contributed by atoms with Crippen LogP contribution in [0.2, 0.25) is 0 Å². The molecular weight excluding hydrogens is 436 g/mol. The van der Waals surface area contributed by atoms with Crippen molar-refractivity contribution in [3.8, 4) is 11.5 Å². The standard InChI is InChI=1S/C20H19F2N3O3S.ClH/c1-24(2)5-6-25(20-23-18-14(22)10-13(21)11-17(18)29-20)19(26)12-3-4-15-16(9-12)28-8-7-27-15;/h3-4,9-11H,5-8H2,1-2H3;1H. The summed E-state index contributed by atoms with van der Waals surface area (Å²) >= 11 is 1.08. The van der Waals surface area contributed by atoms with Gasteiger partial charge in [-0.15, -0.1) is 12.4 Å². The van der Waals surface area contributed by atoms with Crippen molar-refractivity contribution < 1.29 is 23.0 Å². The molecule has 0 N–H and O–H groups in total. The van der Waals surface area contributed by atoms with Gasteiger partial charge in [-0.05, 0) is 38.4 Å². The summed E-state index contributed by atoms with van der Waals surface area (Å²) in [6.45, 7) is 1.79. The summed E-state index contributed by atoms with van der Waals surface area (Å²) in [5, 5.41) is 0.311. The monoisotopic (exact) mass is 455 g/mol. The number of likely N-dealkylation sites (N-methyl/N-ethyl adjacent to an activating group) is 1. The Morgan fingerprint density at radius 1 is 1.10 bits per heavy atom. The number of carbonyl (C=O) groups is 1. The minimum absolute atomic E-state index is 0. The highest BCUT2D eigenvalue weighted by atomic mass is 35.5. The third-order valence-electron chi connectivity index (χ3n) is 4.44. The molecule has 0 fully saturated rings. The lowest BCUT2D eigenvalue weighted by Gasteiger charge is -2.23. The smallest absolute Gasteiger partial charge is 0.260 e. The Morgan fingerprint density at radius 3 is 2.57 bits per heavy atom. The molecule has 0 atom stereocenters. The van der Waals surface area contributed by atoms with E-state index in [9.17, 15) is 13.6 Å². The van der Waals surface area contributed by atoms with Crippen LogP contribution in [0, 0.1) is 11.6 Å². The van der Waals surface area contributed by atoms with E-state index in [1.807, 2.05) is 19.0 Å². The fraction of sp³-hybridized carbons (Fsp3) is 0.300. The molecule has 1 aromatic heterocycles. The molecule has 3 aromatic rings. The molecule has 0 spiro atoms. The first kappa shape index (κ1) is 22.2. The first-order valence-electron chi connectivity index (χ1n) is 9.04. The number of fused-ring (bicyclic) bond motifs is 2. The molecule has 30 heavy (non-hydrogen) atoms. The maximum absolute atomic E-state index is 14.1. The molecule has 2 heterocycles. The van der Waals surface area contributed by atoms with E-state index in [4.69, 9.17) is 9.47 Å². The number of carbonyl (C=O) groups excluding carboxylic acids is 1. The topological polar surface area (TPSA) is 54.9 Å². The molecule has 0 radical (unpaired) electrons. The van der Waals surface area contributed by atoms with Crippen molar-refractivity contribution in [2.75, 3.05) is 45.3 Å². The van der Waals surface area contributed by atoms with E-state index < -0.39 is 11.6 Å². The van der Waals surface area contributed by atoms with Gasteiger partial charge >= 0.3 is 0 Å². The molecule has 6 nitrogen and oxygen atoms in total. The zero-order chi connectivity index (χ0) is 20.5. The fourth-order valence-electron chi connectivity index (χ4n) is 2.98. The second-order valence-corrected chi connectivity index (χ2v) is 7.86. The predicted octanol–water partition coefficient (Wildman–Crippen LogP) is 3.98. The van der Waals surface area contributed by atoms with Crippen LogP contribution in [-0.4, -0.2) is 56.2 Å². The van der Waals surface area contributed by atoms with Gasteiger partial charge in [0.2, 0.25) is 0 Å². The van der Waals surface area contributed by atoms with Crippen LogP contribution >= 0.6 is 23.7 Å². The third-order valence-corrected chi connectivity index (χ3v) is 5.46. The third kappa shape index (κ3) is 4.48. The number of aromatic nitrogens is 1. The number of benzene rings is 2. The lowest BCUT2D eigenvalue weighted by Crippen LogP contribution is -2.36. The van der Waals surface area contributed by atoms with Gasteiger partial charge in [0.05, 0.1) is 4.70 Å². The van der Waals surface area contributed by atoms with Crippen molar-refractivity contribution >= 4 is 45.0 Å². The number of hydrogen-bond acceptors (Lipinski definition) is 6. The number of ether oxygens (including phenoxy) is 2. The minimum Gasteiger partial charge on any atom is -0.486 e. The van der Waals surface area contributed by atoms with E-state index in [0.717, 1.165) is 17.4 Å². The average Bonchev–Trinajstić information content (AvgIpc) is 3.11. The molecule has 2 aromatic carbocycles. The first-order valence-corrected chi connectivity index (χ1v) is 9.86. The van der Waals surface area contributed by atoms with Gasteiger partial charge in [-0.1, -0.05) is 11.3 Å². The second kappa shape index (κ2) is 9.11. The van der Waals surface area contributed by atoms with Crippen LogP contribution in [0.5, 0.6) is 11.5 Å². The largest absolute Gasteiger partial charge is 0.486 e. The summed E-state index contributed by atoms with van der Waals surface area (Å²) in [5.41, 5.74) is 0.454. The van der Waals surface area contributed by atoms with E-state index in [1.165, 1.54) is 11.0 Å². The molecule has 0 unspecified atom stereocenters. The van der Waals surface area contributed by atoms with Gasteiger partial charge < -0.3 is 14.4 Å². The van der Waals surface area contributed by atoms with E-state index in [1.54, 1.807) is 18.2 Å². The van der Waals surface area contributed by atoms with Crippen LogP contribution in [0.3, 0.4) is 0 Å². The average molecular weight is 456 g/mol. The molecule has 0 bridgehead atoms. The number of halogens is 3. The normalized spacial score (nSPS) is 12.7. The summed E-state index contributed by atoms with van der Waals surface area (Å²) in [6.07, 6.45) is 0. The lowest BCUT2D eigenvalue weighted by molar-refractivity contribution is 0.0984. The van der Waals surface area contributed by atoms with Gasteiger partial charge in [0.1, 0.15) is 24.5 Å². The van der Waals surface area contributed by atoms with Crippen LogP contribution in [0.25, 0.3) is 10.2 Å². The van der Waals surface area contributed by atoms with Crippen molar-refractivity contribution in [3.05, 3.63) is 47.5 Å². The van der Waals surface area contributed by atoms with Crippen molar-refractivity contribution in [1.82, 2.24) is 9.88 Å². The first-order chi connectivity index (χ1) is 13.9. The maximum Gasteiger partial charge on any atom is 0.260 e. The van der Waals surface area contributed by atoms with Gasteiger partial charge in [0.25, 0.3) is 5.91 Å². The summed E-state index contributed by atoms with van der Waals surface area (Å²) in [4.78, 5) is 21.0. The van der Waals surface area contributed by atoms with Crippen LogP contribution in [-0.2, 0) is 0 Å². The molecule has 1 aliphatic heterocycles. The highest BCUT2D eigenvalue weighted by molar-refractivity contribution is 7.22. The van der Waals surface area contributed by atoms with Crippen LogP contribution in [0.4, 0.5) is 13.9 Å². The number of thiazole rings is 1. The van der Waals surface area contributed by atoms with Crippen molar-refractivity contribution in [2.24, 2.45) is 0 Å². The molecule has 1 aliphatic rings. The number of anilines is 1. The zero-order valence-electron chi connectivity index (χ0n) is 16.4. The van der Waals surface area contributed by atoms with E-state index in [2.05, 4.69) is 4.98 Å². The number of nitrogens with zero attached hydrogens (tertiary/aromatic N) is 3. The van der Waals surface area contributed by atoms with Gasteiger partial charge in [-0.25, -0.2) is 13.8 Å². The fourth-order valence-corrected chi connectivity index (χ4v) is 4.01.